The maximum atomic E-state index is 11.0. The molecule has 1 aliphatic rings. The molecule has 2 aromatic heterocycles. The number of nitrogens with zero attached hydrogens (tertiary/aromatic N) is 4. The van der Waals surface area contributed by atoms with Gasteiger partial charge in [-0.2, -0.15) is 10.2 Å². The molecule has 0 atom stereocenters. The fourth-order valence-electron chi connectivity index (χ4n) is 2.63. The number of aromatic nitrogens is 5. The first-order valence-electron chi connectivity index (χ1n) is 6.57. The van der Waals surface area contributed by atoms with Gasteiger partial charge in [-0.1, -0.05) is 0 Å². The van der Waals surface area contributed by atoms with Crippen LogP contribution in [0.25, 0.3) is 0 Å². The van der Waals surface area contributed by atoms with E-state index in [0.717, 1.165) is 37.3 Å². The van der Waals surface area contributed by atoms with Gasteiger partial charge in [0.15, 0.2) is 0 Å². The highest BCUT2D eigenvalue weighted by Gasteiger charge is 2.24. The summed E-state index contributed by atoms with van der Waals surface area (Å²) < 4.78 is 0. The quantitative estimate of drug-likeness (QED) is 0.754. The standard InChI is InChI=1S/C12H16N6O2/c19-12(20)10-9(5-14-16-10)6-18-3-1-8(2-4-18)11-13-7-15-17-11/h5,7-8H,1-4,6H2,(H,14,16)(H,19,20)(H,13,15,17). The van der Waals surface area contributed by atoms with Crippen LogP contribution in [0.2, 0.25) is 0 Å². The lowest BCUT2D eigenvalue weighted by Crippen LogP contribution is -2.33. The molecule has 20 heavy (non-hydrogen) atoms. The molecule has 1 saturated heterocycles. The third kappa shape index (κ3) is 2.55. The monoisotopic (exact) mass is 276 g/mol. The van der Waals surface area contributed by atoms with Gasteiger partial charge in [-0.15, -0.1) is 0 Å². The third-order valence-corrected chi connectivity index (χ3v) is 3.73. The van der Waals surface area contributed by atoms with Gasteiger partial charge in [0.05, 0.1) is 6.20 Å². The zero-order valence-electron chi connectivity index (χ0n) is 10.9. The Labute approximate surface area is 115 Å². The minimum Gasteiger partial charge on any atom is -0.477 e. The van der Waals surface area contributed by atoms with Gasteiger partial charge in [0, 0.05) is 18.0 Å². The lowest BCUT2D eigenvalue weighted by Gasteiger charge is -2.30. The van der Waals surface area contributed by atoms with Crippen molar-refractivity contribution in [1.29, 1.82) is 0 Å². The normalized spacial score (nSPS) is 17.4. The number of carbonyl (C=O) groups is 1. The Morgan fingerprint density at radius 1 is 1.35 bits per heavy atom. The van der Waals surface area contributed by atoms with Crippen LogP contribution < -0.4 is 0 Å². The Morgan fingerprint density at radius 2 is 2.15 bits per heavy atom. The van der Waals surface area contributed by atoms with Crippen molar-refractivity contribution in [1.82, 2.24) is 30.3 Å². The molecule has 0 amide bonds. The van der Waals surface area contributed by atoms with Crippen molar-refractivity contribution in [2.75, 3.05) is 13.1 Å². The van der Waals surface area contributed by atoms with Gasteiger partial charge in [-0.25, -0.2) is 9.78 Å². The number of rotatable bonds is 4. The summed E-state index contributed by atoms with van der Waals surface area (Å²) in [5, 5.41) is 22.2. The first kappa shape index (κ1) is 12.8. The number of carboxylic acid groups (broad SMARTS) is 1. The number of likely N-dealkylation sites (tertiary alicyclic amines) is 1. The average molecular weight is 276 g/mol. The summed E-state index contributed by atoms with van der Waals surface area (Å²) in [5.41, 5.74) is 0.915. The Morgan fingerprint density at radius 3 is 2.80 bits per heavy atom. The number of hydrogen-bond donors (Lipinski definition) is 3. The van der Waals surface area contributed by atoms with Crippen molar-refractivity contribution in [2.45, 2.75) is 25.3 Å². The average Bonchev–Trinajstić information content (AvgIpc) is 3.10. The van der Waals surface area contributed by atoms with Crippen LogP contribution in [0.1, 0.15) is 40.6 Å². The van der Waals surface area contributed by atoms with Crippen molar-refractivity contribution < 1.29 is 9.90 Å². The number of aromatic amines is 2. The summed E-state index contributed by atoms with van der Waals surface area (Å²) in [6.45, 7) is 2.44. The second kappa shape index (κ2) is 5.41. The molecule has 1 fully saturated rings. The number of piperidine rings is 1. The van der Waals surface area contributed by atoms with E-state index in [0.29, 0.717) is 12.5 Å². The van der Waals surface area contributed by atoms with E-state index in [1.165, 1.54) is 6.33 Å². The summed E-state index contributed by atoms with van der Waals surface area (Å²) in [4.78, 5) is 17.5. The largest absolute Gasteiger partial charge is 0.477 e. The Bertz CT molecular complexity index is 571. The number of carboxylic acids is 1. The molecule has 0 bridgehead atoms. The molecule has 8 nitrogen and oxygen atoms in total. The maximum Gasteiger partial charge on any atom is 0.354 e. The van der Waals surface area contributed by atoms with E-state index >= 15 is 0 Å². The SMILES string of the molecule is O=C(O)c1[nH]ncc1CN1CCC(c2ncn[nH]2)CC1. The molecule has 0 spiro atoms. The van der Waals surface area contributed by atoms with Crippen molar-refractivity contribution in [3.8, 4) is 0 Å². The highest BCUT2D eigenvalue weighted by atomic mass is 16.4. The lowest BCUT2D eigenvalue weighted by atomic mass is 9.96. The first-order chi connectivity index (χ1) is 9.74. The summed E-state index contributed by atoms with van der Waals surface area (Å²) in [6.07, 6.45) is 5.11. The van der Waals surface area contributed by atoms with Gasteiger partial charge in [0.25, 0.3) is 0 Å². The lowest BCUT2D eigenvalue weighted by molar-refractivity contribution is 0.0687. The van der Waals surface area contributed by atoms with Gasteiger partial charge in [0.1, 0.15) is 17.8 Å². The molecule has 8 heteroatoms. The first-order valence-corrected chi connectivity index (χ1v) is 6.57. The van der Waals surface area contributed by atoms with Crippen molar-refractivity contribution in [3.63, 3.8) is 0 Å². The number of H-pyrrole nitrogens is 2. The molecule has 2 aromatic rings. The predicted octanol–water partition coefficient (Wildman–Crippen LogP) is 0.606. The zero-order valence-corrected chi connectivity index (χ0v) is 10.9. The van der Waals surface area contributed by atoms with E-state index in [-0.39, 0.29) is 5.69 Å². The van der Waals surface area contributed by atoms with E-state index in [2.05, 4.69) is 30.3 Å². The Hall–Kier alpha value is -2.22. The summed E-state index contributed by atoms with van der Waals surface area (Å²) in [7, 11) is 0. The molecule has 106 valence electrons. The minimum atomic E-state index is -0.964. The van der Waals surface area contributed by atoms with Crippen molar-refractivity contribution >= 4 is 5.97 Å². The van der Waals surface area contributed by atoms with Gasteiger partial charge in [-0.3, -0.25) is 15.1 Å². The minimum absolute atomic E-state index is 0.183. The Balaban J connectivity index is 1.59. The van der Waals surface area contributed by atoms with E-state index in [9.17, 15) is 4.79 Å². The molecular weight excluding hydrogens is 260 g/mol. The topological polar surface area (TPSA) is 111 Å². The highest BCUT2D eigenvalue weighted by Crippen LogP contribution is 2.26. The molecule has 0 radical (unpaired) electrons. The van der Waals surface area contributed by atoms with Crippen molar-refractivity contribution in [3.05, 3.63) is 29.6 Å². The predicted molar refractivity (Wildman–Crippen MR) is 69.2 cm³/mol. The van der Waals surface area contributed by atoms with Crippen LogP contribution in [-0.2, 0) is 6.54 Å². The molecule has 0 aliphatic carbocycles. The molecule has 1 aliphatic heterocycles. The smallest absolute Gasteiger partial charge is 0.354 e. The van der Waals surface area contributed by atoms with Gasteiger partial charge >= 0.3 is 5.97 Å². The van der Waals surface area contributed by atoms with Gasteiger partial charge in [0.2, 0.25) is 0 Å². The fourth-order valence-corrected chi connectivity index (χ4v) is 2.63. The van der Waals surface area contributed by atoms with E-state index in [1.54, 1.807) is 6.20 Å². The Kier molecular flexibility index (Phi) is 3.46. The van der Waals surface area contributed by atoms with Crippen LogP contribution in [0, 0.1) is 0 Å². The third-order valence-electron chi connectivity index (χ3n) is 3.73. The van der Waals surface area contributed by atoms with Crippen LogP contribution >= 0.6 is 0 Å². The van der Waals surface area contributed by atoms with E-state index < -0.39 is 5.97 Å². The summed E-state index contributed by atoms with van der Waals surface area (Å²) >= 11 is 0. The van der Waals surface area contributed by atoms with Crippen LogP contribution in [0.15, 0.2) is 12.5 Å². The molecular formula is C12H16N6O2. The summed E-state index contributed by atoms with van der Waals surface area (Å²) in [5.74, 6) is 0.394. The number of hydrogen-bond acceptors (Lipinski definition) is 5. The van der Waals surface area contributed by atoms with E-state index in [1.807, 2.05) is 0 Å². The zero-order chi connectivity index (χ0) is 13.9. The van der Waals surface area contributed by atoms with Crippen molar-refractivity contribution in [2.24, 2.45) is 0 Å². The van der Waals surface area contributed by atoms with Crippen LogP contribution in [0.3, 0.4) is 0 Å². The number of nitrogens with one attached hydrogen (secondary N) is 2. The van der Waals surface area contributed by atoms with Gasteiger partial charge < -0.3 is 5.11 Å². The maximum absolute atomic E-state index is 11.0. The highest BCUT2D eigenvalue weighted by molar-refractivity contribution is 5.86. The second-order valence-electron chi connectivity index (χ2n) is 5.00. The van der Waals surface area contributed by atoms with Crippen LogP contribution in [0.4, 0.5) is 0 Å². The molecule has 0 saturated carbocycles. The van der Waals surface area contributed by atoms with Gasteiger partial charge in [-0.05, 0) is 25.9 Å². The molecule has 0 aromatic carbocycles. The molecule has 3 N–H and O–H groups in total. The molecule has 0 unspecified atom stereocenters. The van der Waals surface area contributed by atoms with E-state index in [4.69, 9.17) is 5.11 Å². The fraction of sp³-hybridized carbons (Fsp3) is 0.500. The number of aromatic carboxylic acids is 1. The van der Waals surface area contributed by atoms with Crippen LogP contribution in [-0.4, -0.2) is 54.4 Å². The van der Waals surface area contributed by atoms with Crippen LogP contribution in [0.5, 0.6) is 0 Å². The summed E-state index contributed by atoms with van der Waals surface area (Å²) in [6, 6.07) is 0. The second-order valence-corrected chi connectivity index (χ2v) is 5.00. The molecule has 3 rings (SSSR count). The molecule has 3 heterocycles.